The van der Waals surface area contributed by atoms with Gasteiger partial charge in [0.15, 0.2) is 0 Å². The molecule has 0 aromatic carbocycles. The molecule has 0 radical (unpaired) electrons. The van der Waals surface area contributed by atoms with Crippen LogP contribution in [0.25, 0.3) is 0 Å². The molecule has 2 unspecified atom stereocenters. The van der Waals surface area contributed by atoms with Crippen molar-refractivity contribution in [2.24, 2.45) is 0 Å². The van der Waals surface area contributed by atoms with E-state index in [2.05, 4.69) is 35.6 Å². The van der Waals surface area contributed by atoms with E-state index in [-0.39, 0.29) is 0 Å². The summed E-state index contributed by atoms with van der Waals surface area (Å²) in [7, 11) is 0. The van der Waals surface area contributed by atoms with Gasteiger partial charge in [-0.15, -0.1) is 0 Å². The van der Waals surface area contributed by atoms with Gasteiger partial charge in [-0.25, -0.2) is 0 Å². The molecule has 0 amide bonds. The van der Waals surface area contributed by atoms with Gasteiger partial charge in [0.1, 0.15) is 0 Å². The molecular formula is C14H28N2S. The highest BCUT2D eigenvalue weighted by Gasteiger charge is 2.33. The molecule has 1 aliphatic heterocycles. The van der Waals surface area contributed by atoms with E-state index in [0.717, 1.165) is 6.04 Å². The quantitative estimate of drug-likeness (QED) is 0.764. The maximum Gasteiger partial charge on any atom is 0.0281 e. The van der Waals surface area contributed by atoms with E-state index in [0.29, 0.717) is 10.8 Å². The SMILES string of the molecule is CSC1(CNC(C)CC2CCCN2)CCCC1. The highest BCUT2D eigenvalue weighted by atomic mass is 32.2. The van der Waals surface area contributed by atoms with Crippen molar-refractivity contribution in [2.45, 2.75) is 68.7 Å². The molecule has 2 atom stereocenters. The summed E-state index contributed by atoms with van der Waals surface area (Å²) in [5.74, 6) is 0. The van der Waals surface area contributed by atoms with Crippen molar-refractivity contribution in [1.29, 1.82) is 0 Å². The fourth-order valence-electron chi connectivity index (χ4n) is 3.30. The average Bonchev–Trinajstić information content (AvgIpc) is 2.98. The van der Waals surface area contributed by atoms with Crippen LogP contribution in [0.1, 0.15) is 51.9 Å². The summed E-state index contributed by atoms with van der Waals surface area (Å²) in [5, 5.41) is 7.38. The third-order valence-electron chi connectivity index (χ3n) is 4.52. The normalized spacial score (nSPS) is 29.6. The van der Waals surface area contributed by atoms with Gasteiger partial charge in [0.05, 0.1) is 0 Å². The Balaban J connectivity index is 1.69. The molecular weight excluding hydrogens is 228 g/mol. The van der Waals surface area contributed by atoms with Gasteiger partial charge in [0, 0.05) is 23.4 Å². The Morgan fingerprint density at radius 2 is 2.12 bits per heavy atom. The van der Waals surface area contributed by atoms with Gasteiger partial charge in [0.2, 0.25) is 0 Å². The Labute approximate surface area is 111 Å². The highest BCUT2D eigenvalue weighted by Crippen LogP contribution is 2.39. The molecule has 0 aromatic rings. The van der Waals surface area contributed by atoms with Crippen molar-refractivity contribution < 1.29 is 0 Å². The highest BCUT2D eigenvalue weighted by molar-refractivity contribution is 8.00. The van der Waals surface area contributed by atoms with Crippen molar-refractivity contribution in [1.82, 2.24) is 10.6 Å². The number of hydrogen-bond acceptors (Lipinski definition) is 3. The molecule has 1 heterocycles. The van der Waals surface area contributed by atoms with Crippen LogP contribution < -0.4 is 10.6 Å². The van der Waals surface area contributed by atoms with Crippen molar-refractivity contribution in [3.63, 3.8) is 0 Å². The van der Waals surface area contributed by atoms with Crippen LogP contribution in [-0.4, -0.2) is 36.2 Å². The third kappa shape index (κ3) is 3.87. The lowest BCUT2D eigenvalue weighted by atomic mass is 10.0. The Bertz CT molecular complexity index is 220. The molecule has 0 aromatic heterocycles. The predicted molar refractivity (Wildman–Crippen MR) is 77.8 cm³/mol. The van der Waals surface area contributed by atoms with Crippen LogP contribution in [0.5, 0.6) is 0 Å². The monoisotopic (exact) mass is 256 g/mol. The van der Waals surface area contributed by atoms with Gasteiger partial charge >= 0.3 is 0 Å². The molecule has 3 heteroatoms. The van der Waals surface area contributed by atoms with Crippen molar-refractivity contribution >= 4 is 11.8 Å². The van der Waals surface area contributed by atoms with Gasteiger partial charge in [-0.1, -0.05) is 12.8 Å². The number of hydrogen-bond donors (Lipinski definition) is 2. The summed E-state index contributed by atoms with van der Waals surface area (Å²) in [5.41, 5.74) is 0. The zero-order valence-corrected chi connectivity index (χ0v) is 12.2. The zero-order valence-electron chi connectivity index (χ0n) is 11.4. The van der Waals surface area contributed by atoms with Crippen molar-refractivity contribution in [3.8, 4) is 0 Å². The summed E-state index contributed by atoms with van der Waals surface area (Å²) in [4.78, 5) is 0. The second kappa shape index (κ2) is 6.44. The second-order valence-electron chi connectivity index (χ2n) is 5.91. The average molecular weight is 256 g/mol. The maximum absolute atomic E-state index is 3.78. The molecule has 1 saturated heterocycles. The number of thioether (sulfide) groups is 1. The first kappa shape index (κ1) is 13.7. The third-order valence-corrected chi connectivity index (χ3v) is 5.94. The number of rotatable bonds is 6. The van der Waals surface area contributed by atoms with E-state index in [4.69, 9.17) is 0 Å². The summed E-state index contributed by atoms with van der Waals surface area (Å²) in [6.07, 6.45) is 12.0. The molecule has 2 N–H and O–H groups in total. The molecule has 17 heavy (non-hydrogen) atoms. The summed E-state index contributed by atoms with van der Waals surface area (Å²) >= 11 is 2.09. The molecule has 2 aliphatic rings. The summed E-state index contributed by atoms with van der Waals surface area (Å²) < 4.78 is 0.553. The zero-order chi connectivity index (χ0) is 12.1. The lowest BCUT2D eigenvalue weighted by Gasteiger charge is -2.29. The molecule has 0 bridgehead atoms. The first-order chi connectivity index (χ1) is 8.24. The van der Waals surface area contributed by atoms with E-state index in [1.165, 1.54) is 58.0 Å². The van der Waals surface area contributed by atoms with E-state index in [1.54, 1.807) is 0 Å². The Morgan fingerprint density at radius 3 is 2.71 bits per heavy atom. The van der Waals surface area contributed by atoms with Crippen LogP contribution in [0.15, 0.2) is 0 Å². The minimum Gasteiger partial charge on any atom is -0.314 e. The first-order valence-corrected chi connectivity index (χ1v) is 8.48. The Morgan fingerprint density at radius 1 is 1.35 bits per heavy atom. The maximum atomic E-state index is 3.78. The molecule has 0 spiro atoms. The first-order valence-electron chi connectivity index (χ1n) is 7.26. The molecule has 1 aliphatic carbocycles. The fraction of sp³-hybridized carbons (Fsp3) is 1.00. The standard InChI is InChI=1S/C14H28N2S/c1-12(10-13-6-5-9-15-13)16-11-14(17-2)7-3-4-8-14/h12-13,15-16H,3-11H2,1-2H3. The van der Waals surface area contributed by atoms with Crippen LogP contribution in [-0.2, 0) is 0 Å². The topological polar surface area (TPSA) is 24.1 Å². The van der Waals surface area contributed by atoms with Gasteiger partial charge in [0.25, 0.3) is 0 Å². The van der Waals surface area contributed by atoms with Crippen LogP contribution in [0.3, 0.4) is 0 Å². The Hall–Kier alpha value is 0.270. The molecule has 2 fully saturated rings. The Kier molecular flexibility index (Phi) is 5.19. The van der Waals surface area contributed by atoms with Gasteiger partial charge in [-0.3, -0.25) is 0 Å². The lowest BCUT2D eigenvalue weighted by molar-refractivity contribution is 0.415. The van der Waals surface area contributed by atoms with Crippen LogP contribution in [0, 0.1) is 0 Å². The number of nitrogens with one attached hydrogen (secondary N) is 2. The predicted octanol–water partition coefficient (Wildman–Crippen LogP) is 2.78. The van der Waals surface area contributed by atoms with E-state index in [9.17, 15) is 0 Å². The molecule has 2 nitrogen and oxygen atoms in total. The minimum absolute atomic E-state index is 0.553. The molecule has 2 rings (SSSR count). The second-order valence-corrected chi connectivity index (χ2v) is 7.18. The fourth-order valence-corrected chi connectivity index (χ4v) is 4.23. The largest absolute Gasteiger partial charge is 0.314 e. The summed E-state index contributed by atoms with van der Waals surface area (Å²) in [6, 6.07) is 1.43. The van der Waals surface area contributed by atoms with E-state index >= 15 is 0 Å². The van der Waals surface area contributed by atoms with E-state index < -0.39 is 0 Å². The van der Waals surface area contributed by atoms with Crippen molar-refractivity contribution in [3.05, 3.63) is 0 Å². The van der Waals surface area contributed by atoms with Gasteiger partial charge in [-0.2, -0.15) is 11.8 Å². The van der Waals surface area contributed by atoms with Crippen molar-refractivity contribution in [2.75, 3.05) is 19.3 Å². The van der Waals surface area contributed by atoms with E-state index in [1.807, 2.05) is 0 Å². The molecule has 1 saturated carbocycles. The van der Waals surface area contributed by atoms with Gasteiger partial charge in [-0.05, 0) is 51.8 Å². The lowest BCUT2D eigenvalue weighted by Crippen LogP contribution is -2.41. The smallest absolute Gasteiger partial charge is 0.0281 e. The van der Waals surface area contributed by atoms with Crippen LogP contribution in [0.2, 0.25) is 0 Å². The van der Waals surface area contributed by atoms with Gasteiger partial charge < -0.3 is 10.6 Å². The minimum atomic E-state index is 0.553. The van der Waals surface area contributed by atoms with Crippen LogP contribution >= 0.6 is 11.8 Å². The molecule has 100 valence electrons. The summed E-state index contributed by atoms with van der Waals surface area (Å²) in [6.45, 7) is 4.79. The van der Waals surface area contributed by atoms with Crippen LogP contribution in [0.4, 0.5) is 0 Å².